The summed E-state index contributed by atoms with van der Waals surface area (Å²) in [4.78, 5) is 37.5. The van der Waals surface area contributed by atoms with Crippen molar-refractivity contribution in [3.63, 3.8) is 0 Å². The van der Waals surface area contributed by atoms with Gasteiger partial charge in [0.05, 0.1) is 26.2 Å². The Bertz CT molecular complexity index is 1180. The predicted molar refractivity (Wildman–Crippen MR) is 160 cm³/mol. The average Bonchev–Trinajstić information content (AvgIpc) is 3.57. The van der Waals surface area contributed by atoms with Crippen LogP contribution in [-0.2, 0) is 36.8 Å². The Hall–Kier alpha value is -3.62. The van der Waals surface area contributed by atoms with E-state index in [2.05, 4.69) is 11.8 Å². The maximum absolute atomic E-state index is 13.5. The number of hydrogen-bond donors (Lipinski definition) is 4. The number of hydrogen-bond acceptors (Lipinski definition) is 9. The Kier molecular flexibility index (Phi) is 14.6. The third-order valence-corrected chi connectivity index (χ3v) is 7.51. The predicted octanol–water partition coefficient (Wildman–Crippen LogP) is 2.29. The number of aliphatic hydroxyl groups excluding tert-OH is 2. The molecule has 12 nitrogen and oxygen atoms in total. The van der Waals surface area contributed by atoms with Gasteiger partial charge in [0.15, 0.2) is 18.5 Å². The molecule has 45 heavy (non-hydrogen) atoms. The first-order chi connectivity index (χ1) is 21.6. The number of aliphatic hydroxyl groups is 2. The molecule has 2 aliphatic rings. The lowest BCUT2D eigenvalue weighted by Gasteiger charge is -2.39. The third-order valence-electron chi connectivity index (χ3n) is 7.51. The number of halogens is 1. The minimum atomic E-state index is -2.27. The molecule has 2 heterocycles. The highest BCUT2D eigenvalue weighted by Crippen LogP contribution is 2.22. The van der Waals surface area contributed by atoms with Gasteiger partial charge in [0.25, 0.3) is 0 Å². The Labute approximate surface area is 261 Å². The van der Waals surface area contributed by atoms with Gasteiger partial charge in [-0.15, -0.1) is 0 Å². The first-order valence-corrected chi connectivity index (χ1v) is 15.1. The molecule has 2 unspecified atom stereocenters. The second-order valence-electron chi connectivity index (χ2n) is 10.9. The molecule has 4 N–H and O–H groups in total. The van der Waals surface area contributed by atoms with Crippen molar-refractivity contribution in [3.8, 4) is 5.75 Å². The van der Waals surface area contributed by atoms with Crippen LogP contribution in [0.2, 0.25) is 0 Å². The quantitative estimate of drug-likeness (QED) is 0.241. The highest BCUT2D eigenvalue weighted by Gasteiger charge is 2.30. The smallest absolute Gasteiger partial charge is 0.335 e. The van der Waals surface area contributed by atoms with E-state index >= 15 is 0 Å². The summed E-state index contributed by atoms with van der Waals surface area (Å²) in [5, 5.41) is 32.5. The first kappa shape index (κ1) is 35.9. The monoisotopic (exact) mass is 634 g/mol. The molecule has 0 aromatic heterocycles. The van der Waals surface area contributed by atoms with Crippen LogP contribution in [0.15, 0.2) is 48.5 Å². The molecule has 1 amide bonds. The zero-order valence-corrected chi connectivity index (χ0v) is 25.4. The van der Waals surface area contributed by atoms with Gasteiger partial charge in [0, 0.05) is 38.6 Å². The molecule has 0 radical (unpaired) electrons. The number of likely N-dealkylation sites (tertiary alicyclic amines) is 1. The van der Waals surface area contributed by atoms with Gasteiger partial charge in [0.2, 0.25) is 5.91 Å². The van der Waals surface area contributed by atoms with E-state index in [-0.39, 0.29) is 24.1 Å². The maximum atomic E-state index is 13.5. The minimum absolute atomic E-state index is 0.0805. The van der Waals surface area contributed by atoms with Gasteiger partial charge in [0.1, 0.15) is 11.6 Å². The number of piperidine rings is 1. The molecular weight excluding hydrogens is 591 g/mol. The number of aliphatic carboxylic acids is 2. The number of benzene rings is 2. The van der Waals surface area contributed by atoms with Crippen molar-refractivity contribution in [2.24, 2.45) is 0 Å². The second kappa shape index (κ2) is 18.4. The maximum Gasteiger partial charge on any atom is 0.335 e. The van der Waals surface area contributed by atoms with E-state index in [9.17, 15) is 18.8 Å². The highest BCUT2D eigenvalue weighted by atomic mass is 19.1. The van der Waals surface area contributed by atoms with Crippen molar-refractivity contribution in [2.45, 2.75) is 70.1 Å². The number of ether oxygens (including phenoxy) is 3. The van der Waals surface area contributed by atoms with Gasteiger partial charge < -0.3 is 44.4 Å². The van der Waals surface area contributed by atoms with E-state index in [1.807, 2.05) is 29.2 Å². The summed E-state index contributed by atoms with van der Waals surface area (Å²) in [6, 6.07) is 14.4. The molecule has 2 atom stereocenters. The molecule has 2 saturated heterocycles. The first-order valence-electron chi connectivity index (χ1n) is 15.1. The molecular formula is C32H43FN2O10. The van der Waals surface area contributed by atoms with Crippen LogP contribution in [-0.4, -0.2) is 112 Å². The minimum Gasteiger partial charge on any atom is -0.494 e. The normalized spacial score (nSPS) is 17.2. The second-order valence-corrected chi connectivity index (χ2v) is 10.9. The number of carboxylic acid groups (broad SMARTS) is 2. The summed E-state index contributed by atoms with van der Waals surface area (Å²) in [5.74, 6) is -2.87. The summed E-state index contributed by atoms with van der Waals surface area (Å²) in [6.07, 6.45) is -0.601. The Morgan fingerprint density at radius 3 is 2.02 bits per heavy atom. The van der Waals surface area contributed by atoms with E-state index in [0.717, 1.165) is 62.2 Å². The van der Waals surface area contributed by atoms with Crippen LogP contribution in [0.1, 0.15) is 43.7 Å². The lowest BCUT2D eigenvalue weighted by molar-refractivity contribution is -0.165. The van der Waals surface area contributed by atoms with Gasteiger partial charge in [-0.25, -0.2) is 14.0 Å². The largest absolute Gasteiger partial charge is 0.494 e. The van der Waals surface area contributed by atoms with Crippen molar-refractivity contribution in [2.75, 3.05) is 39.5 Å². The molecule has 0 bridgehead atoms. The number of carbonyl (C=O) groups is 3. The summed E-state index contributed by atoms with van der Waals surface area (Å²) in [6.45, 7) is 7.43. The van der Waals surface area contributed by atoms with Crippen LogP contribution in [0.5, 0.6) is 5.75 Å². The Balaban J connectivity index is 0.000000477. The van der Waals surface area contributed by atoms with Crippen molar-refractivity contribution in [3.05, 3.63) is 65.5 Å². The fourth-order valence-corrected chi connectivity index (χ4v) is 4.99. The molecule has 0 aliphatic carbocycles. The van der Waals surface area contributed by atoms with Crippen LogP contribution in [0, 0.1) is 5.82 Å². The summed E-state index contributed by atoms with van der Waals surface area (Å²) >= 11 is 0. The summed E-state index contributed by atoms with van der Waals surface area (Å²) < 4.78 is 30.2. The van der Waals surface area contributed by atoms with Crippen LogP contribution >= 0.6 is 0 Å². The van der Waals surface area contributed by atoms with Gasteiger partial charge >= 0.3 is 11.9 Å². The van der Waals surface area contributed by atoms with E-state index < -0.39 is 24.1 Å². The summed E-state index contributed by atoms with van der Waals surface area (Å²) in [5.41, 5.74) is 1.91. The van der Waals surface area contributed by atoms with Gasteiger partial charge in [-0.05, 0) is 54.7 Å². The van der Waals surface area contributed by atoms with E-state index in [1.165, 1.54) is 12.1 Å². The van der Waals surface area contributed by atoms with E-state index in [1.54, 1.807) is 12.1 Å². The van der Waals surface area contributed by atoms with Crippen LogP contribution in [0.3, 0.4) is 0 Å². The highest BCUT2D eigenvalue weighted by molar-refractivity contribution is 5.83. The van der Waals surface area contributed by atoms with Gasteiger partial charge in [-0.2, -0.15) is 0 Å². The standard InChI is InChI=1S/C28H37FN2O4.C4H6O6/c1-2-17-33-26-9-5-22(6-10-26)20-27(32)31(21-23-3-7-24(29)8-4-23)25-11-14-30(15-12-25)16-13-28-34-18-19-35-28;5-1(3(7)8)2(6)4(9)10/h3-10,25,28H,2,11-21H2,1H3;1-2,5-6H,(H,7,8)(H,9,10). The van der Waals surface area contributed by atoms with Crippen molar-refractivity contribution in [1.29, 1.82) is 0 Å². The van der Waals surface area contributed by atoms with E-state index in [0.29, 0.717) is 32.8 Å². The lowest BCUT2D eigenvalue weighted by Crippen LogP contribution is -2.48. The van der Waals surface area contributed by atoms with Crippen molar-refractivity contribution in [1.82, 2.24) is 9.80 Å². The molecule has 0 saturated carbocycles. The zero-order chi connectivity index (χ0) is 32.8. The van der Waals surface area contributed by atoms with Gasteiger partial charge in [-0.3, -0.25) is 4.79 Å². The van der Waals surface area contributed by atoms with Gasteiger partial charge in [-0.1, -0.05) is 31.2 Å². The van der Waals surface area contributed by atoms with Crippen LogP contribution < -0.4 is 4.74 Å². The topological polar surface area (TPSA) is 166 Å². The third kappa shape index (κ3) is 12.0. The Morgan fingerprint density at radius 1 is 0.933 bits per heavy atom. The average molecular weight is 635 g/mol. The Morgan fingerprint density at radius 2 is 1.49 bits per heavy atom. The molecule has 4 rings (SSSR count). The number of carbonyl (C=O) groups excluding carboxylic acids is 1. The van der Waals surface area contributed by atoms with Crippen molar-refractivity contribution < 1.29 is 53.4 Å². The molecule has 248 valence electrons. The summed E-state index contributed by atoms with van der Waals surface area (Å²) in [7, 11) is 0. The van der Waals surface area contributed by atoms with Crippen molar-refractivity contribution >= 4 is 17.8 Å². The molecule has 2 aromatic rings. The number of rotatable bonds is 14. The molecule has 2 aliphatic heterocycles. The number of nitrogens with zero attached hydrogens (tertiary/aromatic N) is 2. The van der Waals surface area contributed by atoms with Crippen LogP contribution in [0.25, 0.3) is 0 Å². The fraction of sp³-hybridized carbons (Fsp3) is 0.531. The molecule has 0 spiro atoms. The molecule has 2 fully saturated rings. The molecule has 2 aromatic carbocycles. The van der Waals surface area contributed by atoms with E-state index in [4.69, 9.17) is 34.6 Å². The molecule has 13 heteroatoms. The fourth-order valence-electron chi connectivity index (χ4n) is 4.99. The SMILES string of the molecule is CCCOc1ccc(CC(=O)N(Cc2ccc(F)cc2)C2CCN(CCC3OCCO3)CC2)cc1.O=C(O)C(O)C(O)C(=O)O. The number of carboxylic acids is 2. The number of amides is 1. The van der Waals surface area contributed by atoms with Crippen LogP contribution in [0.4, 0.5) is 4.39 Å². The lowest BCUT2D eigenvalue weighted by atomic mass is 10.0. The zero-order valence-electron chi connectivity index (χ0n) is 25.4.